The first-order chi connectivity index (χ1) is 9.86. The summed E-state index contributed by atoms with van der Waals surface area (Å²) in [5, 5.41) is 6.27. The summed E-state index contributed by atoms with van der Waals surface area (Å²) in [4.78, 5) is 3.65. The third kappa shape index (κ3) is 3.11. The van der Waals surface area contributed by atoms with Crippen LogP contribution in [0.25, 0.3) is 10.6 Å². The second-order valence-corrected chi connectivity index (χ2v) is 6.30. The van der Waals surface area contributed by atoms with E-state index in [0.717, 1.165) is 42.4 Å². The van der Waals surface area contributed by atoms with E-state index in [9.17, 15) is 0 Å². The van der Waals surface area contributed by atoms with Crippen molar-refractivity contribution >= 4 is 11.3 Å². The molecule has 0 aromatic carbocycles. The Hall–Kier alpha value is -1.17. The Labute approximate surface area is 123 Å². The molecule has 1 fully saturated rings. The maximum Gasteiger partial charge on any atom is 0.177 e. The molecule has 0 bridgehead atoms. The number of rotatable bonds is 5. The van der Waals surface area contributed by atoms with E-state index < -0.39 is 0 Å². The largest absolute Gasteiger partial charge is 0.355 e. The highest BCUT2D eigenvalue weighted by atomic mass is 32.1. The fourth-order valence-electron chi connectivity index (χ4n) is 2.92. The van der Waals surface area contributed by atoms with Gasteiger partial charge >= 0.3 is 0 Å². The fraction of sp³-hybridized carbons (Fsp3) is 0.533. The lowest BCUT2D eigenvalue weighted by Crippen LogP contribution is -2.40. The topological polar surface area (TPSA) is 55.3 Å². The molecule has 4 nitrogen and oxygen atoms in total. The van der Waals surface area contributed by atoms with Crippen molar-refractivity contribution in [1.29, 1.82) is 0 Å². The lowest BCUT2D eigenvalue weighted by Gasteiger charge is -2.34. The predicted molar refractivity (Wildman–Crippen MR) is 81.5 cm³/mol. The molecule has 3 heterocycles. The molecule has 2 N–H and O–H groups in total. The van der Waals surface area contributed by atoms with Crippen LogP contribution in [0.4, 0.5) is 0 Å². The number of nitrogens with zero attached hydrogens (tertiary/aromatic N) is 2. The minimum Gasteiger partial charge on any atom is -0.355 e. The van der Waals surface area contributed by atoms with Crippen LogP contribution in [-0.4, -0.2) is 29.2 Å². The molecule has 1 aliphatic rings. The number of likely N-dealkylation sites (tertiary alicyclic amines) is 1. The summed E-state index contributed by atoms with van der Waals surface area (Å²) in [7, 11) is 0. The van der Waals surface area contributed by atoms with Crippen LogP contribution in [-0.2, 0) is 6.54 Å². The highest BCUT2D eigenvalue weighted by Gasteiger charge is 2.22. The molecule has 20 heavy (non-hydrogen) atoms. The first-order valence-corrected chi connectivity index (χ1v) is 8.18. The third-order valence-corrected chi connectivity index (χ3v) is 4.82. The number of nitrogens with two attached hydrogens (primary N) is 1. The molecular weight excluding hydrogens is 270 g/mol. The first-order valence-electron chi connectivity index (χ1n) is 7.30. The summed E-state index contributed by atoms with van der Waals surface area (Å²) in [6.45, 7) is 2.78. The van der Waals surface area contributed by atoms with Gasteiger partial charge in [0.15, 0.2) is 5.76 Å². The van der Waals surface area contributed by atoms with Crippen molar-refractivity contribution in [3.63, 3.8) is 0 Å². The molecular formula is C15H21N3OS. The van der Waals surface area contributed by atoms with Crippen LogP contribution in [0.3, 0.4) is 0 Å². The molecule has 0 spiro atoms. The molecule has 1 unspecified atom stereocenters. The van der Waals surface area contributed by atoms with Gasteiger partial charge < -0.3 is 10.3 Å². The zero-order valence-electron chi connectivity index (χ0n) is 11.6. The molecule has 0 saturated carbocycles. The van der Waals surface area contributed by atoms with E-state index in [1.54, 1.807) is 11.3 Å². The number of aromatic nitrogens is 1. The van der Waals surface area contributed by atoms with E-state index in [2.05, 4.69) is 27.6 Å². The summed E-state index contributed by atoms with van der Waals surface area (Å²) in [6, 6.07) is 6.77. The maximum absolute atomic E-state index is 5.72. The third-order valence-electron chi connectivity index (χ3n) is 3.94. The zero-order valence-corrected chi connectivity index (χ0v) is 12.4. The van der Waals surface area contributed by atoms with Crippen molar-refractivity contribution < 1.29 is 4.52 Å². The van der Waals surface area contributed by atoms with Crippen LogP contribution in [0, 0.1) is 0 Å². The van der Waals surface area contributed by atoms with Gasteiger partial charge in [0.2, 0.25) is 0 Å². The van der Waals surface area contributed by atoms with Gasteiger partial charge in [0.1, 0.15) is 0 Å². The van der Waals surface area contributed by atoms with E-state index in [-0.39, 0.29) is 0 Å². The monoisotopic (exact) mass is 291 g/mol. The van der Waals surface area contributed by atoms with Crippen LogP contribution in [0.5, 0.6) is 0 Å². The van der Waals surface area contributed by atoms with Crippen LogP contribution in [0.2, 0.25) is 0 Å². The van der Waals surface area contributed by atoms with E-state index in [1.165, 1.54) is 19.3 Å². The van der Waals surface area contributed by atoms with Gasteiger partial charge in [-0.05, 0) is 43.8 Å². The molecule has 5 heteroatoms. The minimum atomic E-state index is 0.607. The van der Waals surface area contributed by atoms with E-state index in [0.29, 0.717) is 6.04 Å². The lowest BCUT2D eigenvalue weighted by molar-refractivity contribution is 0.131. The lowest BCUT2D eigenvalue weighted by atomic mass is 9.99. The van der Waals surface area contributed by atoms with Crippen molar-refractivity contribution in [2.75, 3.05) is 13.1 Å². The minimum absolute atomic E-state index is 0.607. The van der Waals surface area contributed by atoms with E-state index in [1.807, 2.05) is 6.07 Å². The Morgan fingerprint density at radius 1 is 1.45 bits per heavy atom. The number of hydrogen-bond donors (Lipinski definition) is 1. The molecule has 1 saturated heterocycles. The second kappa shape index (κ2) is 6.52. The number of thiophene rings is 1. The van der Waals surface area contributed by atoms with Gasteiger partial charge in [-0.3, -0.25) is 4.90 Å². The molecule has 108 valence electrons. The Bertz CT molecular complexity index is 521. The van der Waals surface area contributed by atoms with Gasteiger partial charge in [-0.25, -0.2) is 0 Å². The first kappa shape index (κ1) is 13.8. The molecule has 0 aliphatic carbocycles. The predicted octanol–water partition coefficient (Wildman–Crippen LogP) is 3.11. The summed E-state index contributed by atoms with van der Waals surface area (Å²) < 4.78 is 5.45. The van der Waals surface area contributed by atoms with Gasteiger partial charge in [0, 0.05) is 18.7 Å². The highest BCUT2D eigenvalue weighted by molar-refractivity contribution is 7.13. The van der Waals surface area contributed by atoms with Crippen LogP contribution < -0.4 is 5.73 Å². The number of piperidine rings is 1. The van der Waals surface area contributed by atoms with Crippen molar-refractivity contribution in [3.8, 4) is 10.6 Å². The van der Waals surface area contributed by atoms with E-state index >= 15 is 0 Å². The average Bonchev–Trinajstić information content (AvgIpc) is 3.12. The molecule has 2 aromatic heterocycles. The van der Waals surface area contributed by atoms with Crippen LogP contribution in [0.1, 0.15) is 31.4 Å². The Morgan fingerprint density at radius 3 is 3.20 bits per heavy atom. The average molecular weight is 291 g/mol. The molecule has 0 radical (unpaired) electrons. The van der Waals surface area contributed by atoms with Gasteiger partial charge in [-0.2, -0.15) is 0 Å². The number of hydrogen-bond acceptors (Lipinski definition) is 5. The SMILES string of the molecule is NCCC1CCCCN1Cc1cc(-c2cccs2)on1. The van der Waals surface area contributed by atoms with Crippen molar-refractivity contribution in [3.05, 3.63) is 29.3 Å². The summed E-state index contributed by atoms with van der Waals surface area (Å²) in [5.74, 6) is 0.877. The van der Waals surface area contributed by atoms with Gasteiger partial charge in [0.05, 0.1) is 10.6 Å². The summed E-state index contributed by atoms with van der Waals surface area (Å²) in [5.41, 5.74) is 6.75. The second-order valence-electron chi connectivity index (χ2n) is 5.36. The van der Waals surface area contributed by atoms with Crippen molar-refractivity contribution in [2.24, 2.45) is 5.73 Å². The summed E-state index contributed by atoms with van der Waals surface area (Å²) in [6.07, 6.45) is 4.93. The molecule has 0 amide bonds. The molecule has 3 rings (SSSR count). The van der Waals surface area contributed by atoms with Gasteiger partial charge in [-0.1, -0.05) is 17.6 Å². The molecule has 1 aliphatic heterocycles. The van der Waals surface area contributed by atoms with Gasteiger partial charge in [-0.15, -0.1) is 11.3 Å². The highest BCUT2D eigenvalue weighted by Crippen LogP contribution is 2.27. The van der Waals surface area contributed by atoms with Crippen LogP contribution >= 0.6 is 11.3 Å². The summed E-state index contributed by atoms with van der Waals surface area (Å²) >= 11 is 1.68. The maximum atomic E-state index is 5.72. The quantitative estimate of drug-likeness (QED) is 0.919. The van der Waals surface area contributed by atoms with Crippen molar-refractivity contribution in [1.82, 2.24) is 10.1 Å². The van der Waals surface area contributed by atoms with E-state index in [4.69, 9.17) is 10.3 Å². The van der Waals surface area contributed by atoms with Gasteiger partial charge in [0.25, 0.3) is 0 Å². The molecule has 2 aromatic rings. The fourth-order valence-corrected chi connectivity index (χ4v) is 3.59. The zero-order chi connectivity index (χ0) is 13.8. The molecule has 1 atom stereocenters. The Kier molecular flexibility index (Phi) is 4.50. The normalized spacial score (nSPS) is 20.4. The smallest absolute Gasteiger partial charge is 0.177 e. The van der Waals surface area contributed by atoms with Crippen LogP contribution in [0.15, 0.2) is 28.1 Å². The Morgan fingerprint density at radius 2 is 2.40 bits per heavy atom. The van der Waals surface area contributed by atoms with Crippen molar-refractivity contribution in [2.45, 2.75) is 38.3 Å². The Balaban J connectivity index is 1.67. The standard InChI is InChI=1S/C15H21N3OS/c16-7-6-13-4-1-2-8-18(13)11-12-10-14(19-17-12)15-5-3-9-20-15/h3,5,9-10,13H,1-2,4,6-8,11,16H2.